The number of benzene rings is 1. The molecule has 0 heterocycles. The van der Waals surface area contributed by atoms with Crippen LogP contribution in [-0.4, -0.2) is 26.7 Å². The molecule has 114 valence electrons. The van der Waals surface area contributed by atoms with Crippen LogP contribution in [0.3, 0.4) is 0 Å². The Bertz CT molecular complexity index is 561. The Balaban J connectivity index is 2.72. The largest absolute Gasteiger partial charge is 0.396 e. The fourth-order valence-electron chi connectivity index (χ4n) is 1.66. The van der Waals surface area contributed by atoms with Gasteiger partial charge in [0.15, 0.2) is 0 Å². The first kappa shape index (κ1) is 18.1. The van der Waals surface area contributed by atoms with Gasteiger partial charge < -0.3 is 5.11 Å². The SMILES string of the molecule is Cc1cc(Br)c(S(=O)(=O)NCCCC(C)CO)cc1Br. The van der Waals surface area contributed by atoms with Crippen LogP contribution in [0.25, 0.3) is 0 Å². The molecule has 7 heteroatoms. The number of hydrogen-bond donors (Lipinski definition) is 2. The number of rotatable bonds is 7. The summed E-state index contributed by atoms with van der Waals surface area (Å²) in [5, 5.41) is 8.91. The number of nitrogens with one attached hydrogen (secondary N) is 1. The molecule has 4 nitrogen and oxygen atoms in total. The molecule has 1 unspecified atom stereocenters. The van der Waals surface area contributed by atoms with Crippen molar-refractivity contribution in [3.63, 3.8) is 0 Å². The van der Waals surface area contributed by atoms with Gasteiger partial charge in [-0.1, -0.05) is 22.9 Å². The second-order valence-electron chi connectivity index (χ2n) is 4.86. The summed E-state index contributed by atoms with van der Waals surface area (Å²) >= 11 is 6.63. The summed E-state index contributed by atoms with van der Waals surface area (Å²) in [5.41, 5.74) is 0.965. The smallest absolute Gasteiger partial charge is 0.241 e. The third kappa shape index (κ3) is 5.11. The first-order valence-electron chi connectivity index (χ1n) is 6.34. The molecule has 2 N–H and O–H groups in total. The van der Waals surface area contributed by atoms with E-state index < -0.39 is 10.0 Å². The molecule has 0 aliphatic carbocycles. The molecular weight excluding hydrogens is 410 g/mol. The Hall–Kier alpha value is 0.0500. The normalized spacial score (nSPS) is 13.4. The van der Waals surface area contributed by atoms with Crippen LogP contribution >= 0.6 is 31.9 Å². The molecule has 1 aromatic rings. The second kappa shape index (κ2) is 7.89. The van der Waals surface area contributed by atoms with Crippen LogP contribution in [0.15, 0.2) is 26.0 Å². The van der Waals surface area contributed by atoms with E-state index in [-0.39, 0.29) is 17.4 Å². The summed E-state index contributed by atoms with van der Waals surface area (Å²) in [6.45, 7) is 4.32. The third-order valence-electron chi connectivity index (χ3n) is 2.98. The van der Waals surface area contributed by atoms with Gasteiger partial charge in [0, 0.05) is 22.1 Å². The van der Waals surface area contributed by atoms with E-state index in [2.05, 4.69) is 36.6 Å². The predicted molar refractivity (Wildman–Crippen MR) is 87.3 cm³/mol. The van der Waals surface area contributed by atoms with Gasteiger partial charge >= 0.3 is 0 Å². The zero-order chi connectivity index (χ0) is 15.3. The van der Waals surface area contributed by atoms with Crippen LogP contribution in [-0.2, 0) is 10.0 Å². The third-order valence-corrected chi connectivity index (χ3v) is 6.25. The van der Waals surface area contributed by atoms with Crippen molar-refractivity contribution in [2.24, 2.45) is 5.92 Å². The van der Waals surface area contributed by atoms with Crippen molar-refractivity contribution < 1.29 is 13.5 Å². The molecule has 0 aromatic heterocycles. The van der Waals surface area contributed by atoms with Crippen molar-refractivity contribution in [3.8, 4) is 0 Å². The Kier molecular flexibility index (Phi) is 7.14. The van der Waals surface area contributed by atoms with E-state index in [0.29, 0.717) is 17.4 Å². The number of sulfonamides is 1. The molecular formula is C13H19Br2NO3S. The molecule has 0 amide bonds. The predicted octanol–water partition coefficient (Wildman–Crippen LogP) is 3.21. The highest BCUT2D eigenvalue weighted by atomic mass is 79.9. The van der Waals surface area contributed by atoms with E-state index in [1.54, 1.807) is 12.1 Å². The van der Waals surface area contributed by atoms with Gasteiger partial charge in [-0.15, -0.1) is 0 Å². The number of aliphatic hydroxyl groups is 1. The Labute approximate surface area is 137 Å². The van der Waals surface area contributed by atoms with E-state index in [1.807, 2.05) is 13.8 Å². The van der Waals surface area contributed by atoms with Crippen LogP contribution < -0.4 is 4.72 Å². The van der Waals surface area contributed by atoms with Gasteiger partial charge in [0.25, 0.3) is 0 Å². The lowest BCUT2D eigenvalue weighted by Gasteiger charge is -2.11. The van der Waals surface area contributed by atoms with Crippen molar-refractivity contribution in [2.75, 3.05) is 13.2 Å². The first-order valence-corrected chi connectivity index (χ1v) is 9.41. The van der Waals surface area contributed by atoms with Crippen molar-refractivity contribution in [1.82, 2.24) is 4.72 Å². The summed E-state index contributed by atoms with van der Waals surface area (Å²) in [4.78, 5) is 0.227. The van der Waals surface area contributed by atoms with Gasteiger partial charge in [0.2, 0.25) is 10.0 Å². The van der Waals surface area contributed by atoms with E-state index in [9.17, 15) is 8.42 Å². The fourth-order valence-corrected chi connectivity index (χ4v) is 4.41. The van der Waals surface area contributed by atoms with Crippen molar-refractivity contribution in [1.29, 1.82) is 0 Å². The molecule has 0 radical (unpaired) electrons. The Morgan fingerprint density at radius 2 is 1.95 bits per heavy atom. The molecule has 0 bridgehead atoms. The monoisotopic (exact) mass is 427 g/mol. The fraction of sp³-hybridized carbons (Fsp3) is 0.538. The zero-order valence-electron chi connectivity index (χ0n) is 11.5. The minimum absolute atomic E-state index is 0.128. The molecule has 1 rings (SSSR count). The van der Waals surface area contributed by atoms with Crippen molar-refractivity contribution in [3.05, 3.63) is 26.6 Å². The van der Waals surface area contributed by atoms with Gasteiger partial charge in [0.1, 0.15) is 0 Å². The number of aliphatic hydroxyl groups excluding tert-OH is 1. The molecule has 20 heavy (non-hydrogen) atoms. The summed E-state index contributed by atoms with van der Waals surface area (Å²) in [7, 11) is -3.52. The Morgan fingerprint density at radius 1 is 1.30 bits per heavy atom. The minimum atomic E-state index is -3.52. The summed E-state index contributed by atoms with van der Waals surface area (Å²) < 4.78 is 28.3. The van der Waals surface area contributed by atoms with Crippen LogP contribution in [0.5, 0.6) is 0 Å². The summed E-state index contributed by atoms with van der Waals surface area (Å²) in [6, 6.07) is 3.37. The van der Waals surface area contributed by atoms with Crippen molar-refractivity contribution in [2.45, 2.75) is 31.6 Å². The first-order chi connectivity index (χ1) is 9.27. The highest BCUT2D eigenvalue weighted by Crippen LogP contribution is 2.28. The topological polar surface area (TPSA) is 66.4 Å². The van der Waals surface area contributed by atoms with Gasteiger partial charge in [-0.2, -0.15) is 0 Å². The lowest BCUT2D eigenvalue weighted by Crippen LogP contribution is -2.25. The molecule has 0 fully saturated rings. The minimum Gasteiger partial charge on any atom is -0.396 e. The molecule has 0 saturated heterocycles. The van der Waals surface area contributed by atoms with Crippen LogP contribution in [0.4, 0.5) is 0 Å². The number of hydrogen-bond acceptors (Lipinski definition) is 3. The Morgan fingerprint density at radius 3 is 2.55 bits per heavy atom. The highest BCUT2D eigenvalue weighted by molar-refractivity contribution is 9.11. The van der Waals surface area contributed by atoms with Gasteiger partial charge in [0.05, 0.1) is 4.90 Å². The maximum Gasteiger partial charge on any atom is 0.241 e. The van der Waals surface area contributed by atoms with Gasteiger partial charge in [-0.05, 0) is 59.3 Å². The maximum atomic E-state index is 12.2. The zero-order valence-corrected chi connectivity index (χ0v) is 15.5. The lowest BCUT2D eigenvalue weighted by atomic mass is 10.1. The summed E-state index contributed by atoms with van der Waals surface area (Å²) in [5.74, 6) is 0.194. The summed E-state index contributed by atoms with van der Waals surface area (Å²) in [6.07, 6.45) is 1.49. The van der Waals surface area contributed by atoms with Crippen molar-refractivity contribution >= 4 is 41.9 Å². The molecule has 0 aliphatic heterocycles. The van der Waals surface area contributed by atoms with E-state index in [0.717, 1.165) is 16.5 Å². The van der Waals surface area contributed by atoms with Crippen LogP contribution in [0, 0.1) is 12.8 Å². The molecule has 0 saturated carbocycles. The van der Waals surface area contributed by atoms with Crippen LogP contribution in [0.1, 0.15) is 25.3 Å². The average molecular weight is 429 g/mol. The highest BCUT2D eigenvalue weighted by Gasteiger charge is 2.18. The number of halogens is 2. The molecule has 1 aromatic carbocycles. The van der Waals surface area contributed by atoms with Gasteiger partial charge in [-0.25, -0.2) is 13.1 Å². The van der Waals surface area contributed by atoms with E-state index in [4.69, 9.17) is 5.11 Å². The molecule has 1 atom stereocenters. The number of aryl methyl sites for hydroxylation is 1. The lowest BCUT2D eigenvalue weighted by molar-refractivity contribution is 0.228. The average Bonchev–Trinajstić information content (AvgIpc) is 2.38. The molecule has 0 spiro atoms. The quantitative estimate of drug-likeness (QED) is 0.655. The van der Waals surface area contributed by atoms with Gasteiger partial charge in [-0.3, -0.25) is 0 Å². The second-order valence-corrected chi connectivity index (χ2v) is 8.30. The van der Waals surface area contributed by atoms with Crippen LogP contribution in [0.2, 0.25) is 0 Å². The molecule has 0 aliphatic rings. The maximum absolute atomic E-state index is 12.2. The van der Waals surface area contributed by atoms with E-state index >= 15 is 0 Å². The standard InChI is InChI=1S/C13H19Br2NO3S/c1-9(8-17)4-3-5-16-20(18,19)13-7-11(14)10(2)6-12(13)15/h6-7,9,16-17H,3-5,8H2,1-2H3. The van der Waals surface area contributed by atoms with E-state index in [1.165, 1.54) is 0 Å².